The average molecular weight is 365 g/mol. The van der Waals surface area contributed by atoms with Crippen molar-refractivity contribution in [2.75, 3.05) is 13.1 Å². The molecule has 1 aliphatic carbocycles. The third-order valence-electron chi connectivity index (χ3n) is 6.28. The normalized spacial score (nSPS) is 29.6. The fourth-order valence-corrected chi connectivity index (χ4v) is 4.77. The van der Waals surface area contributed by atoms with Gasteiger partial charge in [-0.05, 0) is 54.5 Å². The molecule has 0 radical (unpaired) electrons. The van der Waals surface area contributed by atoms with E-state index in [1.165, 1.54) is 23.3 Å². The third-order valence-corrected chi connectivity index (χ3v) is 6.28. The summed E-state index contributed by atoms with van der Waals surface area (Å²) in [6.45, 7) is 1.46. The average Bonchev–Trinajstić information content (AvgIpc) is 3.28. The first-order chi connectivity index (χ1) is 13.2. The summed E-state index contributed by atoms with van der Waals surface area (Å²) in [7, 11) is 0. The summed E-state index contributed by atoms with van der Waals surface area (Å²) < 4.78 is 19.9. The number of benzene rings is 2. The zero-order valence-corrected chi connectivity index (χ0v) is 15.3. The third kappa shape index (κ3) is 2.72. The zero-order valence-electron chi connectivity index (χ0n) is 15.3. The Bertz CT molecular complexity index is 881. The lowest BCUT2D eigenvalue weighted by Crippen LogP contribution is -2.49. The first-order valence-corrected chi connectivity index (χ1v) is 9.75. The summed E-state index contributed by atoms with van der Waals surface area (Å²) >= 11 is 0. The largest absolute Gasteiger partial charge is 0.455 e. The fraction of sp³-hybridized carbons (Fsp3) is 0.409. The first kappa shape index (κ1) is 16.8. The molecule has 2 aromatic rings. The maximum Gasteiger partial charge on any atom is 0.288 e. The van der Waals surface area contributed by atoms with Gasteiger partial charge in [-0.15, -0.1) is 0 Å². The van der Waals surface area contributed by atoms with E-state index in [1.54, 1.807) is 0 Å². The summed E-state index contributed by atoms with van der Waals surface area (Å²) in [5, 5.41) is 0. The molecule has 5 heteroatoms. The molecule has 2 heterocycles. The van der Waals surface area contributed by atoms with Crippen LogP contribution in [-0.2, 0) is 11.2 Å². The molecule has 1 fully saturated rings. The molecule has 0 bridgehead atoms. The molecule has 27 heavy (non-hydrogen) atoms. The van der Waals surface area contributed by atoms with Crippen molar-refractivity contribution in [3.8, 4) is 0 Å². The molecule has 1 spiro atoms. The van der Waals surface area contributed by atoms with Crippen LogP contribution in [0.4, 0.5) is 4.39 Å². The van der Waals surface area contributed by atoms with E-state index in [9.17, 15) is 4.39 Å². The molecule has 0 saturated heterocycles. The minimum atomic E-state index is -0.334. The van der Waals surface area contributed by atoms with Crippen LogP contribution in [0.15, 0.2) is 53.5 Å². The Kier molecular flexibility index (Phi) is 3.93. The SMILES string of the molecule is N[C@H]1CCC[C@]12CN=C(N1CCc3ccccc3[C@@H]1c1ccc(F)cc1)O2. The summed E-state index contributed by atoms with van der Waals surface area (Å²) in [5.74, 6) is -0.222. The van der Waals surface area contributed by atoms with Gasteiger partial charge in [0.15, 0.2) is 0 Å². The molecule has 140 valence electrons. The maximum atomic E-state index is 13.5. The second kappa shape index (κ2) is 6.34. The van der Waals surface area contributed by atoms with E-state index in [0.717, 1.165) is 37.8 Å². The van der Waals surface area contributed by atoms with Crippen molar-refractivity contribution in [3.63, 3.8) is 0 Å². The van der Waals surface area contributed by atoms with Crippen LogP contribution >= 0.6 is 0 Å². The number of halogens is 1. The van der Waals surface area contributed by atoms with Gasteiger partial charge in [0.1, 0.15) is 11.4 Å². The van der Waals surface area contributed by atoms with Crippen molar-refractivity contribution in [2.45, 2.75) is 43.4 Å². The first-order valence-electron chi connectivity index (χ1n) is 9.75. The van der Waals surface area contributed by atoms with Gasteiger partial charge in [0.2, 0.25) is 0 Å². The van der Waals surface area contributed by atoms with Crippen molar-refractivity contribution in [3.05, 3.63) is 71.0 Å². The molecule has 0 aromatic heterocycles. The Morgan fingerprint density at radius 1 is 1.15 bits per heavy atom. The highest BCUT2D eigenvalue weighted by atomic mass is 19.1. The summed E-state index contributed by atoms with van der Waals surface area (Å²) in [6, 6.07) is 15.9. The monoisotopic (exact) mass is 365 g/mol. The highest BCUT2D eigenvalue weighted by molar-refractivity contribution is 5.78. The molecule has 2 aliphatic heterocycles. The minimum Gasteiger partial charge on any atom is -0.455 e. The van der Waals surface area contributed by atoms with Gasteiger partial charge in [-0.25, -0.2) is 9.38 Å². The topological polar surface area (TPSA) is 50.8 Å². The van der Waals surface area contributed by atoms with E-state index in [4.69, 9.17) is 15.5 Å². The van der Waals surface area contributed by atoms with Crippen molar-refractivity contribution in [1.82, 2.24) is 4.90 Å². The minimum absolute atomic E-state index is 0.0259. The molecular formula is C22H24FN3O. The van der Waals surface area contributed by atoms with Gasteiger partial charge >= 0.3 is 0 Å². The van der Waals surface area contributed by atoms with Crippen molar-refractivity contribution >= 4 is 6.02 Å². The van der Waals surface area contributed by atoms with E-state index in [1.807, 2.05) is 12.1 Å². The number of amidine groups is 1. The lowest BCUT2D eigenvalue weighted by Gasteiger charge is -2.39. The number of hydrogen-bond acceptors (Lipinski definition) is 4. The number of nitrogens with zero attached hydrogens (tertiary/aromatic N) is 2. The number of rotatable bonds is 1. The second-order valence-corrected chi connectivity index (χ2v) is 7.86. The molecule has 0 amide bonds. The van der Waals surface area contributed by atoms with E-state index >= 15 is 0 Å². The van der Waals surface area contributed by atoms with E-state index < -0.39 is 0 Å². The standard InChI is InChI=1S/C22H24FN3O/c23-17-9-7-16(8-10-17)20-18-5-2-1-4-15(18)11-13-26(20)21-25-14-22(27-21)12-3-6-19(22)24/h1-2,4-5,7-10,19-20H,3,6,11-14,24H2/t19-,20-,22-/m0/s1. The van der Waals surface area contributed by atoms with Crippen LogP contribution in [0.25, 0.3) is 0 Å². The van der Waals surface area contributed by atoms with Gasteiger partial charge in [0.25, 0.3) is 6.02 Å². The number of aliphatic imine (C=N–C) groups is 1. The summed E-state index contributed by atoms with van der Waals surface area (Å²) in [5.41, 5.74) is 9.62. The van der Waals surface area contributed by atoms with E-state index in [-0.39, 0.29) is 23.5 Å². The molecule has 0 unspecified atom stereocenters. The summed E-state index contributed by atoms with van der Waals surface area (Å²) in [4.78, 5) is 7.01. The van der Waals surface area contributed by atoms with Crippen LogP contribution in [0.5, 0.6) is 0 Å². The van der Waals surface area contributed by atoms with Gasteiger partial charge < -0.3 is 15.4 Å². The molecule has 3 aliphatic rings. The van der Waals surface area contributed by atoms with Gasteiger partial charge in [-0.1, -0.05) is 36.4 Å². The van der Waals surface area contributed by atoms with Gasteiger partial charge in [-0.2, -0.15) is 0 Å². The number of ether oxygens (including phenoxy) is 1. The molecule has 1 saturated carbocycles. The van der Waals surface area contributed by atoms with Gasteiger partial charge in [0.05, 0.1) is 12.6 Å². The molecule has 4 nitrogen and oxygen atoms in total. The van der Waals surface area contributed by atoms with Crippen LogP contribution in [-0.4, -0.2) is 35.7 Å². The van der Waals surface area contributed by atoms with Crippen molar-refractivity contribution < 1.29 is 9.13 Å². The van der Waals surface area contributed by atoms with E-state index in [2.05, 4.69) is 29.2 Å². The van der Waals surface area contributed by atoms with Gasteiger partial charge in [0, 0.05) is 12.6 Å². The van der Waals surface area contributed by atoms with Crippen LogP contribution < -0.4 is 5.73 Å². The lowest BCUT2D eigenvalue weighted by molar-refractivity contribution is 0.0551. The Morgan fingerprint density at radius 3 is 2.74 bits per heavy atom. The Balaban J connectivity index is 1.52. The Morgan fingerprint density at radius 2 is 1.96 bits per heavy atom. The molecule has 2 aromatic carbocycles. The quantitative estimate of drug-likeness (QED) is 0.843. The molecule has 5 rings (SSSR count). The predicted molar refractivity (Wildman–Crippen MR) is 103 cm³/mol. The zero-order chi connectivity index (χ0) is 18.4. The Labute approximate surface area is 158 Å². The second-order valence-electron chi connectivity index (χ2n) is 7.86. The van der Waals surface area contributed by atoms with Crippen molar-refractivity contribution in [2.24, 2.45) is 10.7 Å². The number of fused-ring (bicyclic) bond motifs is 1. The van der Waals surface area contributed by atoms with Crippen LogP contribution in [0.1, 0.15) is 42.0 Å². The van der Waals surface area contributed by atoms with E-state index in [0.29, 0.717) is 12.6 Å². The molecular weight excluding hydrogens is 341 g/mol. The Hall–Kier alpha value is -2.40. The predicted octanol–water partition coefficient (Wildman–Crippen LogP) is 3.41. The molecule has 3 atom stereocenters. The molecule has 2 N–H and O–H groups in total. The number of hydrogen-bond donors (Lipinski definition) is 1. The van der Waals surface area contributed by atoms with Crippen LogP contribution in [0, 0.1) is 5.82 Å². The lowest BCUT2D eigenvalue weighted by atomic mass is 9.88. The summed E-state index contributed by atoms with van der Waals surface area (Å²) in [6.07, 6.45) is 3.99. The van der Waals surface area contributed by atoms with Crippen LogP contribution in [0.3, 0.4) is 0 Å². The highest BCUT2D eigenvalue weighted by Gasteiger charge is 2.49. The smallest absolute Gasteiger partial charge is 0.288 e. The van der Waals surface area contributed by atoms with Crippen molar-refractivity contribution in [1.29, 1.82) is 0 Å². The fourth-order valence-electron chi connectivity index (χ4n) is 4.77. The number of nitrogens with two attached hydrogens (primary N) is 1. The van der Waals surface area contributed by atoms with Crippen LogP contribution in [0.2, 0.25) is 0 Å². The highest BCUT2D eigenvalue weighted by Crippen LogP contribution is 2.41. The van der Waals surface area contributed by atoms with Gasteiger partial charge in [-0.3, -0.25) is 0 Å². The maximum absolute atomic E-state index is 13.5.